The van der Waals surface area contributed by atoms with E-state index in [-0.39, 0.29) is 11.7 Å². The van der Waals surface area contributed by atoms with Crippen molar-refractivity contribution < 1.29 is 18.0 Å². The van der Waals surface area contributed by atoms with Crippen molar-refractivity contribution in [1.29, 1.82) is 0 Å². The molecule has 1 nitrogen and oxygen atoms in total. The summed E-state index contributed by atoms with van der Waals surface area (Å²) in [5, 5.41) is 0. The van der Waals surface area contributed by atoms with E-state index in [1.165, 1.54) is 12.1 Å². The number of carbonyl (C=O) groups excluding carboxylic acids is 1. The van der Waals surface area contributed by atoms with Crippen LogP contribution in [0.25, 0.3) is 6.08 Å². The van der Waals surface area contributed by atoms with Gasteiger partial charge in [0.05, 0.1) is 5.56 Å². The Morgan fingerprint density at radius 3 is 2.41 bits per heavy atom. The zero-order valence-electron chi connectivity index (χ0n) is 9.05. The molecule has 2 rings (SSSR count). The summed E-state index contributed by atoms with van der Waals surface area (Å²) in [7, 11) is 0. The molecule has 1 aliphatic rings. The molecule has 1 aromatic rings. The van der Waals surface area contributed by atoms with Crippen LogP contribution in [0.1, 0.15) is 35.4 Å². The molecule has 1 fully saturated rings. The first kappa shape index (κ1) is 11.9. The van der Waals surface area contributed by atoms with Crippen molar-refractivity contribution in [3.63, 3.8) is 0 Å². The second kappa shape index (κ2) is 4.02. The lowest BCUT2D eigenvalue weighted by Gasteiger charge is -2.26. The average Bonchev–Trinajstić information content (AvgIpc) is 2.22. The van der Waals surface area contributed by atoms with E-state index in [9.17, 15) is 18.0 Å². The van der Waals surface area contributed by atoms with E-state index in [0.29, 0.717) is 24.0 Å². The zero-order valence-corrected chi connectivity index (χ0v) is 9.05. The van der Waals surface area contributed by atoms with E-state index in [4.69, 9.17) is 0 Å². The Labute approximate surface area is 96.9 Å². The van der Waals surface area contributed by atoms with E-state index in [0.717, 1.165) is 12.1 Å². The minimum Gasteiger partial charge on any atom is -0.300 e. The maximum atomic E-state index is 12.6. The fraction of sp³-hybridized carbons (Fsp3) is 0.308. The van der Waals surface area contributed by atoms with Crippen molar-refractivity contribution in [2.24, 2.45) is 0 Å². The highest BCUT2D eigenvalue weighted by Crippen LogP contribution is 2.39. The summed E-state index contributed by atoms with van der Waals surface area (Å²) in [5.74, 6) is 0.0141. The van der Waals surface area contributed by atoms with Crippen molar-refractivity contribution in [3.05, 3.63) is 41.5 Å². The fourth-order valence-corrected chi connectivity index (χ4v) is 2.00. The third-order valence-corrected chi connectivity index (χ3v) is 3.02. The number of Topliss-reactive ketones (excluding diaryl/α,β-unsaturated/α-hetero) is 1. The quantitative estimate of drug-likeness (QED) is 0.768. The van der Waals surface area contributed by atoms with Crippen LogP contribution in [0.3, 0.4) is 0 Å². The lowest BCUT2D eigenvalue weighted by molar-refractivity contribution is -0.137. The average molecular weight is 240 g/mol. The molecule has 0 heterocycles. The second-order valence-electron chi connectivity index (χ2n) is 4.19. The van der Waals surface area contributed by atoms with E-state index < -0.39 is 11.7 Å². The Morgan fingerprint density at radius 1 is 1.29 bits per heavy atom. The molecule has 0 bridgehead atoms. The number of benzene rings is 1. The molecular formula is C13H11F3O. The number of hydrogen-bond donors (Lipinski definition) is 0. The van der Waals surface area contributed by atoms with Crippen LogP contribution in [0.2, 0.25) is 0 Å². The highest BCUT2D eigenvalue weighted by Gasteiger charge is 2.34. The molecule has 1 saturated carbocycles. The highest BCUT2D eigenvalue weighted by molar-refractivity contribution is 5.87. The largest absolute Gasteiger partial charge is 0.416 e. The number of ketones is 1. The van der Waals surface area contributed by atoms with Gasteiger partial charge in [-0.2, -0.15) is 13.2 Å². The number of carbonyl (C=O) groups is 1. The SMILES string of the molecule is C=Cc1ccc(C(F)(F)F)cc1C1CC(=O)C1. The van der Waals surface area contributed by atoms with Gasteiger partial charge in [-0.1, -0.05) is 18.7 Å². The van der Waals surface area contributed by atoms with Gasteiger partial charge in [-0.3, -0.25) is 4.79 Å². The van der Waals surface area contributed by atoms with Crippen molar-refractivity contribution >= 4 is 11.9 Å². The van der Waals surface area contributed by atoms with E-state index in [1.54, 1.807) is 0 Å². The number of halogens is 3. The van der Waals surface area contributed by atoms with Crippen molar-refractivity contribution in [1.82, 2.24) is 0 Å². The van der Waals surface area contributed by atoms with Gasteiger partial charge in [-0.05, 0) is 29.2 Å². The molecule has 0 unspecified atom stereocenters. The van der Waals surface area contributed by atoms with Crippen LogP contribution in [0.4, 0.5) is 13.2 Å². The summed E-state index contributed by atoms with van der Waals surface area (Å²) in [5.41, 5.74) is 0.586. The number of hydrogen-bond acceptors (Lipinski definition) is 1. The van der Waals surface area contributed by atoms with Gasteiger partial charge in [-0.15, -0.1) is 0 Å². The smallest absolute Gasteiger partial charge is 0.300 e. The van der Waals surface area contributed by atoms with Crippen molar-refractivity contribution in [2.45, 2.75) is 24.9 Å². The van der Waals surface area contributed by atoms with E-state index >= 15 is 0 Å². The van der Waals surface area contributed by atoms with Crippen LogP contribution < -0.4 is 0 Å². The van der Waals surface area contributed by atoms with Crippen LogP contribution in [0.15, 0.2) is 24.8 Å². The minimum atomic E-state index is -4.35. The predicted octanol–water partition coefficient (Wildman–Crippen LogP) is 3.79. The fourth-order valence-electron chi connectivity index (χ4n) is 2.00. The summed E-state index contributed by atoms with van der Waals surface area (Å²) in [4.78, 5) is 10.9. The van der Waals surface area contributed by atoms with Gasteiger partial charge < -0.3 is 0 Å². The van der Waals surface area contributed by atoms with Crippen LogP contribution in [0.5, 0.6) is 0 Å². The second-order valence-corrected chi connectivity index (χ2v) is 4.19. The molecule has 0 spiro atoms. The molecule has 0 aromatic heterocycles. The van der Waals surface area contributed by atoms with Gasteiger partial charge in [0.1, 0.15) is 5.78 Å². The normalized spacial score (nSPS) is 16.8. The lowest BCUT2D eigenvalue weighted by Crippen LogP contribution is -2.22. The minimum absolute atomic E-state index is 0.0854. The number of rotatable bonds is 2. The lowest BCUT2D eigenvalue weighted by atomic mass is 9.76. The summed E-state index contributed by atoms with van der Waals surface area (Å²) in [6.07, 6.45) is -2.15. The molecule has 1 aliphatic carbocycles. The number of alkyl halides is 3. The van der Waals surface area contributed by atoms with Crippen LogP contribution in [-0.2, 0) is 11.0 Å². The van der Waals surface area contributed by atoms with Gasteiger partial charge >= 0.3 is 6.18 Å². The van der Waals surface area contributed by atoms with Crippen LogP contribution in [-0.4, -0.2) is 5.78 Å². The van der Waals surface area contributed by atoms with E-state index in [1.807, 2.05) is 0 Å². The molecule has 0 atom stereocenters. The maximum Gasteiger partial charge on any atom is 0.416 e. The van der Waals surface area contributed by atoms with Gasteiger partial charge in [-0.25, -0.2) is 0 Å². The first-order valence-electron chi connectivity index (χ1n) is 5.27. The van der Waals surface area contributed by atoms with Crippen molar-refractivity contribution in [3.8, 4) is 0 Å². The third-order valence-electron chi connectivity index (χ3n) is 3.02. The monoisotopic (exact) mass is 240 g/mol. The third kappa shape index (κ3) is 2.25. The summed E-state index contributed by atoms with van der Waals surface area (Å²) >= 11 is 0. The first-order valence-corrected chi connectivity index (χ1v) is 5.27. The molecule has 0 saturated heterocycles. The summed E-state index contributed by atoms with van der Waals surface area (Å²) in [6, 6.07) is 3.59. The standard InChI is InChI=1S/C13H11F3O/c1-2-8-3-4-10(13(14,15)16)7-12(8)9-5-11(17)6-9/h2-4,7,9H,1,5-6H2. The Balaban J connectivity index is 2.40. The molecule has 90 valence electrons. The molecular weight excluding hydrogens is 229 g/mol. The topological polar surface area (TPSA) is 17.1 Å². The molecule has 17 heavy (non-hydrogen) atoms. The maximum absolute atomic E-state index is 12.6. The molecule has 0 radical (unpaired) electrons. The Morgan fingerprint density at radius 2 is 1.94 bits per heavy atom. The van der Waals surface area contributed by atoms with Gasteiger partial charge in [0.2, 0.25) is 0 Å². The predicted molar refractivity (Wildman–Crippen MR) is 58.5 cm³/mol. The molecule has 0 N–H and O–H groups in total. The van der Waals surface area contributed by atoms with E-state index in [2.05, 4.69) is 6.58 Å². The Kier molecular flexibility index (Phi) is 2.81. The van der Waals surface area contributed by atoms with Gasteiger partial charge in [0.15, 0.2) is 0 Å². The zero-order chi connectivity index (χ0) is 12.6. The van der Waals surface area contributed by atoms with Crippen molar-refractivity contribution in [2.75, 3.05) is 0 Å². The Hall–Kier alpha value is -1.58. The highest BCUT2D eigenvalue weighted by atomic mass is 19.4. The molecule has 4 heteroatoms. The molecule has 1 aromatic carbocycles. The van der Waals surface area contributed by atoms with Crippen LogP contribution in [0, 0.1) is 0 Å². The van der Waals surface area contributed by atoms with Gasteiger partial charge in [0, 0.05) is 12.8 Å². The van der Waals surface area contributed by atoms with Gasteiger partial charge in [0.25, 0.3) is 0 Å². The first-order chi connectivity index (χ1) is 7.91. The summed E-state index contributed by atoms with van der Waals surface area (Å²) < 4.78 is 37.7. The van der Waals surface area contributed by atoms with Crippen LogP contribution >= 0.6 is 0 Å². The Bertz CT molecular complexity index is 466. The molecule has 0 aliphatic heterocycles. The molecule has 0 amide bonds. The summed E-state index contributed by atoms with van der Waals surface area (Å²) in [6.45, 7) is 3.58.